The summed E-state index contributed by atoms with van der Waals surface area (Å²) < 4.78 is 14.3. The minimum absolute atomic E-state index is 0. The number of hydrogen-bond acceptors (Lipinski definition) is 9. The predicted octanol–water partition coefficient (Wildman–Crippen LogP) is 15.5. The first-order valence-corrected chi connectivity index (χ1v) is 17.9. The first kappa shape index (κ1) is 86.3. The van der Waals surface area contributed by atoms with Gasteiger partial charge in [-0.05, 0) is 96.3 Å². The van der Waals surface area contributed by atoms with Crippen molar-refractivity contribution < 1.29 is 43.0 Å². The number of esters is 3. The van der Waals surface area contributed by atoms with Gasteiger partial charge in [0.15, 0.2) is 0 Å². The fraction of sp³-hybridized carbons (Fsp3) is 0.875. The van der Waals surface area contributed by atoms with Gasteiger partial charge in [0.25, 0.3) is 0 Å². The molecule has 0 radical (unpaired) electrons. The molecule has 3 saturated heterocycles. The summed E-state index contributed by atoms with van der Waals surface area (Å²) in [5, 5.41) is 0. The molecule has 0 unspecified atom stereocenters. The summed E-state index contributed by atoms with van der Waals surface area (Å²) in [5.74, 6) is 1.32. The van der Waals surface area contributed by atoms with Gasteiger partial charge in [0.05, 0.1) is 19.8 Å². The van der Waals surface area contributed by atoms with E-state index in [4.69, 9.17) is 14.2 Å². The fourth-order valence-electron chi connectivity index (χ4n) is 5.26. The third-order valence-electron chi connectivity index (χ3n) is 8.10. The van der Waals surface area contributed by atoms with Crippen LogP contribution in [0, 0.1) is 0 Å². The van der Waals surface area contributed by atoms with Crippen LogP contribution in [-0.2, 0) is 43.0 Å². The van der Waals surface area contributed by atoms with Crippen LogP contribution in [0.5, 0.6) is 0 Å². The van der Waals surface area contributed by atoms with E-state index in [1.807, 2.05) is 0 Å². The van der Waals surface area contributed by atoms with Crippen molar-refractivity contribution in [2.24, 2.45) is 0 Å². The van der Waals surface area contributed by atoms with Gasteiger partial charge in [-0.3, -0.25) is 28.8 Å². The molecule has 57 heavy (non-hydrogen) atoms. The lowest BCUT2D eigenvalue weighted by atomic mass is 10.00. The van der Waals surface area contributed by atoms with Gasteiger partial charge in [0.2, 0.25) is 0 Å². The Kier molecular flexibility index (Phi) is 94.8. The molecule has 9 heteroatoms. The molecule has 354 valence electrons. The average molecular weight is 829 g/mol. The van der Waals surface area contributed by atoms with Crippen LogP contribution in [0.2, 0.25) is 0 Å². The number of carbonyl (C=O) groups is 6. The second-order valence-electron chi connectivity index (χ2n) is 12.4. The molecule has 0 N–H and O–H groups in total. The molecule has 0 amide bonds. The van der Waals surface area contributed by atoms with Crippen LogP contribution in [-0.4, -0.2) is 55.1 Å². The van der Waals surface area contributed by atoms with E-state index in [0.29, 0.717) is 56.4 Å². The molecule has 6 rings (SSSR count). The number of rotatable bonds is 0. The van der Waals surface area contributed by atoms with E-state index >= 15 is 0 Å². The topological polar surface area (TPSA) is 130 Å². The zero-order valence-corrected chi connectivity index (χ0v) is 27.9. The average Bonchev–Trinajstić information content (AvgIpc) is 3.56. The number of hydrogen-bond donors (Lipinski definition) is 0. The summed E-state index contributed by atoms with van der Waals surface area (Å²) >= 11 is 0. The van der Waals surface area contributed by atoms with Crippen molar-refractivity contribution in [3.8, 4) is 0 Å². The number of ketones is 3. The Hall–Kier alpha value is -2.58. The molecule has 0 aromatic rings. The van der Waals surface area contributed by atoms with Crippen molar-refractivity contribution in [1.82, 2.24) is 0 Å². The molecule has 3 saturated carbocycles. The molecule has 6 aliphatic rings. The summed E-state index contributed by atoms with van der Waals surface area (Å²) in [5.41, 5.74) is 0. The van der Waals surface area contributed by atoms with Crippen molar-refractivity contribution in [3.05, 3.63) is 0 Å². The second-order valence-corrected chi connectivity index (χ2v) is 12.4. The number of cyclic esters (lactones) is 3. The van der Waals surface area contributed by atoms with Gasteiger partial charge in [-0.15, -0.1) is 0 Å². The van der Waals surface area contributed by atoms with Crippen LogP contribution < -0.4 is 0 Å². The summed E-state index contributed by atoms with van der Waals surface area (Å²) in [7, 11) is 0. The smallest absolute Gasteiger partial charge is 0.305 e. The molecule has 3 aliphatic carbocycles. The highest BCUT2D eigenvalue weighted by Gasteiger charge is 2.09. The van der Waals surface area contributed by atoms with Crippen LogP contribution in [0.3, 0.4) is 0 Å². The molecular weight excluding hydrogens is 721 g/mol. The fourth-order valence-corrected chi connectivity index (χ4v) is 5.26. The van der Waals surface area contributed by atoms with E-state index in [1.54, 1.807) is 0 Å². The highest BCUT2D eigenvalue weighted by Crippen LogP contribution is 2.14. The molecule has 3 heterocycles. The van der Waals surface area contributed by atoms with E-state index in [2.05, 4.69) is 0 Å². The maximum absolute atomic E-state index is 10.5. The first-order valence-electron chi connectivity index (χ1n) is 17.9. The molecule has 6 fully saturated rings. The maximum Gasteiger partial charge on any atom is 0.305 e. The Morgan fingerprint density at radius 3 is 0.526 bits per heavy atom. The Labute approximate surface area is 359 Å². The van der Waals surface area contributed by atoms with Crippen molar-refractivity contribution in [1.29, 1.82) is 0 Å². The van der Waals surface area contributed by atoms with Gasteiger partial charge in [0.1, 0.15) is 17.3 Å². The highest BCUT2D eigenvalue weighted by molar-refractivity contribution is 5.79. The largest absolute Gasteiger partial charge is 0.466 e. The minimum atomic E-state index is -0.0255. The molecule has 3 aliphatic heterocycles. The van der Waals surface area contributed by atoms with E-state index in [9.17, 15) is 28.8 Å². The van der Waals surface area contributed by atoms with Crippen LogP contribution in [0.25, 0.3) is 0 Å². The summed E-state index contributed by atoms with van der Waals surface area (Å²) in [6.45, 7) is 1.91. The molecule has 0 bridgehead atoms. The molecule has 0 spiro atoms. The zero-order valence-electron chi connectivity index (χ0n) is 27.9. The van der Waals surface area contributed by atoms with Gasteiger partial charge in [0, 0.05) is 57.8 Å². The number of ether oxygens (including phenoxy) is 3. The monoisotopic (exact) mass is 829 g/mol. The Morgan fingerprint density at radius 2 is 0.368 bits per heavy atom. The van der Waals surface area contributed by atoms with Gasteiger partial charge >= 0.3 is 17.9 Å². The van der Waals surface area contributed by atoms with E-state index in [0.717, 1.165) is 135 Å². The normalized spacial score (nSPS) is 17.5. The lowest BCUT2D eigenvalue weighted by Crippen LogP contribution is -2.02. The number of carbonyl (C=O) groups excluding carboxylic acids is 6. The molecule has 0 aromatic carbocycles. The van der Waals surface area contributed by atoms with Crippen LogP contribution in [0.4, 0.5) is 0 Å². The lowest BCUT2D eigenvalue weighted by molar-refractivity contribution is -0.143. The van der Waals surface area contributed by atoms with Gasteiger partial charge in [-0.2, -0.15) is 0 Å². The molecule has 9 nitrogen and oxygen atoms in total. The summed E-state index contributed by atoms with van der Waals surface area (Å²) in [4.78, 5) is 62.8. The molecule has 0 atom stereocenters. The third-order valence-corrected chi connectivity index (χ3v) is 8.10. The van der Waals surface area contributed by atoms with Crippen molar-refractivity contribution in [2.75, 3.05) is 19.8 Å². The lowest BCUT2D eigenvalue weighted by Gasteiger charge is -2.05. The highest BCUT2D eigenvalue weighted by atomic mass is 16.5. The maximum atomic E-state index is 10.5. The van der Waals surface area contributed by atoms with Gasteiger partial charge in [-0.1, -0.05) is 108 Å². The Morgan fingerprint density at radius 1 is 0.211 bits per heavy atom. The van der Waals surface area contributed by atoms with Crippen molar-refractivity contribution in [3.63, 3.8) is 0 Å². The van der Waals surface area contributed by atoms with Crippen LogP contribution in [0.1, 0.15) is 262 Å². The van der Waals surface area contributed by atoms with E-state index in [1.165, 1.54) is 19.3 Å². The quantitative estimate of drug-likeness (QED) is 0.173. The molecule has 0 aromatic heterocycles. The van der Waals surface area contributed by atoms with E-state index < -0.39 is 0 Å². The van der Waals surface area contributed by atoms with Crippen molar-refractivity contribution in [2.45, 2.75) is 262 Å². The second kappa shape index (κ2) is 62.6. The van der Waals surface area contributed by atoms with Crippen molar-refractivity contribution >= 4 is 35.3 Å². The summed E-state index contributed by atoms with van der Waals surface area (Å²) in [6.07, 6.45) is 27.2. The molecular formula is C48H108O9. The third kappa shape index (κ3) is 60.2. The van der Waals surface area contributed by atoms with Gasteiger partial charge in [-0.25, -0.2) is 0 Å². The SMILES string of the molecule is C.C.C.C.C.C.C.C.C.C.C.C.O=C1CCCCC1.O=C1CCCCC1.O=C1CCCCC1.O=C1CCCCCO1.O=C1CCCCCO1.O=C1CCCCCO1. The van der Waals surface area contributed by atoms with Crippen LogP contribution in [0.15, 0.2) is 0 Å². The summed E-state index contributed by atoms with van der Waals surface area (Å²) in [6, 6.07) is 0. The Balaban J connectivity index is -0.0000000409. The first-order chi connectivity index (χ1) is 21.9. The van der Waals surface area contributed by atoms with E-state index in [-0.39, 0.29) is 107 Å². The van der Waals surface area contributed by atoms with Crippen LogP contribution >= 0.6 is 0 Å². The predicted molar refractivity (Wildman–Crippen MR) is 253 cm³/mol. The zero-order chi connectivity index (χ0) is 32.8. The Bertz CT molecular complexity index is 691. The standard InChI is InChI=1S/3C6H10O2.3C6H10O.12CH4/c3*7-6-4-2-1-3-5-8-6;3*7-6-4-2-1-3-5-6;;;;;;;;;;;;/h3*1-5H2;3*1-5H2;12*1H4. The van der Waals surface area contributed by atoms with Gasteiger partial charge < -0.3 is 14.2 Å². The minimum Gasteiger partial charge on any atom is -0.466 e. The number of Topliss-reactive ketones (excluding diaryl/α,β-unsaturated/α-hetero) is 3.